The Morgan fingerprint density at radius 3 is 2.27 bits per heavy atom. The topological polar surface area (TPSA) is 67.4 Å². The van der Waals surface area contributed by atoms with Gasteiger partial charge in [0, 0.05) is 18.5 Å². The van der Waals surface area contributed by atoms with Gasteiger partial charge in [-0.15, -0.1) is 0 Å². The first-order valence-electron chi connectivity index (χ1n) is 5.09. The number of hydrogen-bond acceptors (Lipinski definition) is 3. The van der Waals surface area contributed by atoms with E-state index in [-0.39, 0.29) is 18.0 Å². The summed E-state index contributed by atoms with van der Waals surface area (Å²) in [7, 11) is 1.31. The van der Waals surface area contributed by atoms with Crippen molar-refractivity contribution in [3.8, 4) is 0 Å². The maximum absolute atomic E-state index is 11.3. The van der Waals surface area contributed by atoms with Crippen LogP contribution in [0.4, 0.5) is 4.79 Å². The van der Waals surface area contributed by atoms with Gasteiger partial charge >= 0.3 is 6.09 Å². The first-order valence-corrected chi connectivity index (χ1v) is 5.09. The van der Waals surface area contributed by atoms with Crippen molar-refractivity contribution in [1.29, 1.82) is 0 Å². The van der Waals surface area contributed by atoms with Gasteiger partial charge in [-0.1, -0.05) is 0 Å². The predicted octanol–water partition coefficient (Wildman–Crippen LogP) is 1.04. The van der Waals surface area contributed by atoms with E-state index in [1.807, 2.05) is 20.8 Å². The van der Waals surface area contributed by atoms with Crippen LogP contribution in [-0.4, -0.2) is 31.2 Å². The SMILES string of the molecule is COC(=O)NC(C)CCC(=O)NC(C)C. The van der Waals surface area contributed by atoms with Gasteiger partial charge in [0.2, 0.25) is 5.91 Å². The summed E-state index contributed by atoms with van der Waals surface area (Å²) in [6.07, 6.45) is 0.545. The highest BCUT2D eigenvalue weighted by Gasteiger charge is 2.09. The normalized spacial score (nSPS) is 12.1. The molecule has 0 spiro atoms. The van der Waals surface area contributed by atoms with Crippen molar-refractivity contribution in [2.75, 3.05) is 7.11 Å². The zero-order valence-electron chi connectivity index (χ0n) is 9.79. The van der Waals surface area contributed by atoms with Crippen LogP contribution in [0.1, 0.15) is 33.6 Å². The highest BCUT2D eigenvalue weighted by molar-refractivity contribution is 5.76. The molecule has 1 unspecified atom stereocenters. The molecule has 0 aromatic heterocycles. The minimum atomic E-state index is -0.466. The Balaban J connectivity index is 3.66. The Bertz CT molecular complexity index is 217. The number of methoxy groups -OCH3 is 1. The zero-order chi connectivity index (χ0) is 11.8. The monoisotopic (exact) mass is 216 g/mol. The molecule has 0 aromatic carbocycles. The number of nitrogens with one attached hydrogen (secondary N) is 2. The molecular weight excluding hydrogens is 196 g/mol. The Labute approximate surface area is 90.6 Å². The van der Waals surface area contributed by atoms with Crippen molar-refractivity contribution in [3.63, 3.8) is 0 Å². The quantitative estimate of drug-likeness (QED) is 0.721. The molecule has 0 heterocycles. The van der Waals surface area contributed by atoms with Gasteiger partial charge in [0.1, 0.15) is 0 Å². The van der Waals surface area contributed by atoms with Crippen LogP contribution < -0.4 is 10.6 Å². The molecule has 5 nitrogen and oxygen atoms in total. The summed E-state index contributed by atoms with van der Waals surface area (Å²) >= 11 is 0. The van der Waals surface area contributed by atoms with Crippen LogP contribution in [0, 0.1) is 0 Å². The number of amides is 2. The predicted molar refractivity (Wildman–Crippen MR) is 57.5 cm³/mol. The van der Waals surface area contributed by atoms with Crippen molar-refractivity contribution in [2.24, 2.45) is 0 Å². The van der Waals surface area contributed by atoms with Gasteiger partial charge in [0.15, 0.2) is 0 Å². The summed E-state index contributed by atoms with van der Waals surface area (Å²) in [5.41, 5.74) is 0. The molecule has 0 rings (SSSR count). The number of carbonyl (C=O) groups excluding carboxylic acids is 2. The van der Waals surface area contributed by atoms with E-state index in [4.69, 9.17) is 0 Å². The first kappa shape index (κ1) is 13.7. The Morgan fingerprint density at radius 2 is 1.80 bits per heavy atom. The second-order valence-corrected chi connectivity index (χ2v) is 3.80. The minimum Gasteiger partial charge on any atom is -0.453 e. The fourth-order valence-corrected chi connectivity index (χ4v) is 1.07. The van der Waals surface area contributed by atoms with Crippen LogP contribution in [0.5, 0.6) is 0 Å². The van der Waals surface area contributed by atoms with Crippen molar-refractivity contribution in [3.05, 3.63) is 0 Å². The Morgan fingerprint density at radius 1 is 1.20 bits per heavy atom. The third-order valence-electron chi connectivity index (χ3n) is 1.80. The molecule has 2 N–H and O–H groups in total. The average Bonchev–Trinajstić information content (AvgIpc) is 2.13. The molecular formula is C10H20N2O3. The summed E-state index contributed by atoms with van der Waals surface area (Å²) in [5.74, 6) is 0.00326. The van der Waals surface area contributed by atoms with E-state index < -0.39 is 6.09 Å². The lowest BCUT2D eigenvalue weighted by atomic mass is 10.2. The molecule has 88 valence electrons. The zero-order valence-corrected chi connectivity index (χ0v) is 9.79. The largest absolute Gasteiger partial charge is 0.453 e. The van der Waals surface area contributed by atoms with E-state index in [2.05, 4.69) is 15.4 Å². The lowest BCUT2D eigenvalue weighted by Gasteiger charge is -2.13. The van der Waals surface area contributed by atoms with Crippen LogP contribution in [0.15, 0.2) is 0 Å². The van der Waals surface area contributed by atoms with Crippen LogP contribution in [-0.2, 0) is 9.53 Å². The van der Waals surface area contributed by atoms with Gasteiger partial charge in [-0.3, -0.25) is 4.79 Å². The van der Waals surface area contributed by atoms with Crippen LogP contribution in [0.2, 0.25) is 0 Å². The molecule has 0 aliphatic carbocycles. The number of carbonyl (C=O) groups is 2. The van der Waals surface area contributed by atoms with Crippen molar-refractivity contribution < 1.29 is 14.3 Å². The maximum atomic E-state index is 11.3. The lowest BCUT2D eigenvalue weighted by Crippen LogP contribution is -2.35. The maximum Gasteiger partial charge on any atom is 0.407 e. The van der Waals surface area contributed by atoms with E-state index in [9.17, 15) is 9.59 Å². The molecule has 2 amide bonds. The molecule has 0 fully saturated rings. The molecule has 0 aromatic rings. The number of alkyl carbamates (subject to hydrolysis) is 1. The summed E-state index contributed by atoms with van der Waals surface area (Å²) in [6.45, 7) is 5.65. The fourth-order valence-electron chi connectivity index (χ4n) is 1.07. The molecule has 0 radical (unpaired) electrons. The second-order valence-electron chi connectivity index (χ2n) is 3.80. The van der Waals surface area contributed by atoms with Gasteiger partial charge in [-0.2, -0.15) is 0 Å². The van der Waals surface area contributed by atoms with Gasteiger partial charge in [0.05, 0.1) is 7.11 Å². The van der Waals surface area contributed by atoms with Crippen LogP contribution in [0.3, 0.4) is 0 Å². The van der Waals surface area contributed by atoms with Gasteiger partial charge in [-0.25, -0.2) is 4.79 Å². The Hall–Kier alpha value is -1.26. The van der Waals surface area contributed by atoms with E-state index >= 15 is 0 Å². The number of hydrogen-bond donors (Lipinski definition) is 2. The second kappa shape index (κ2) is 7.09. The van der Waals surface area contributed by atoms with Crippen molar-refractivity contribution in [1.82, 2.24) is 10.6 Å². The fraction of sp³-hybridized carbons (Fsp3) is 0.800. The minimum absolute atomic E-state index is 0.00326. The van der Waals surface area contributed by atoms with Crippen LogP contribution >= 0.6 is 0 Å². The van der Waals surface area contributed by atoms with E-state index in [0.29, 0.717) is 12.8 Å². The lowest BCUT2D eigenvalue weighted by molar-refractivity contribution is -0.121. The summed E-state index contributed by atoms with van der Waals surface area (Å²) in [6, 6.07) is 0.0942. The summed E-state index contributed by atoms with van der Waals surface area (Å²) < 4.78 is 4.44. The van der Waals surface area contributed by atoms with E-state index in [0.717, 1.165) is 0 Å². The molecule has 5 heteroatoms. The molecule has 1 atom stereocenters. The van der Waals surface area contributed by atoms with Gasteiger partial charge in [0.25, 0.3) is 0 Å². The Kier molecular flexibility index (Phi) is 6.49. The average molecular weight is 216 g/mol. The first-order chi connectivity index (χ1) is 6.95. The molecule has 0 saturated heterocycles. The standard InChI is InChI=1S/C10H20N2O3/c1-7(2)11-9(13)6-5-8(3)12-10(14)15-4/h7-8H,5-6H2,1-4H3,(H,11,13)(H,12,14). The molecule has 0 aliphatic heterocycles. The summed E-state index contributed by atoms with van der Waals surface area (Å²) in [5, 5.41) is 5.38. The molecule has 0 bridgehead atoms. The van der Waals surface area contributed by atoms with E-state index in [1.165, 1.54) is 7.11 Å². The van der Waals surface area contributed by atoms with Gasteiger partial charge in [-0.05, 0) is 27.2 Å². The van der Waals surface area contributed by atoms with Crippen LogP contribution in [0.25, 0.3) is 0 Å². The highest BCUT2D eigenvalue weighted by atomic mass is 16.5. The van der Waals surface area contributed by atoms with Crippen molar-refractivity contribution >= 4 is 12.0 Å². The third-order valence-corrected chi connectivity index (χ3v) is 1.80. The molecule has 0 saturated carbocycles. The molecule has 0 aliphatic rings. The number of rotatable bonds is 5. The third kappa shape index (κ3) is 7.78. The van der Waals surface area contributed by atoms with Gasteiger partial charge < -0.3 is 15.4 Å². The number of ether oxygens (including phenoxy) is 1. The van der Waals surface area contributed by atoms with E-state index in [1.54, 1.807) is 0 Å². The highest BCUT2D eigenvalue weighted by Crippen LogP contribution is 1.97. The van der Waals surface area contributed by atoms with Crippen molar-refractivity contribution in [2.45, 2.75) is 45.7 Å². The molecule has 15 heavy (non-hydrogen) atoms. The smallest absolute Gasteiger partial charge is 0.407 e. The summed E-state index contributed by atoms with van der Waals surface area (Å²) in [4.78, 5) is 22.1.